The van der Waals surface area contributed by atoms with Crippen molar-refractivity contribution in [3.05, 3.63) is 95.1 Å². The van der Waals surface area contributed by atoms with Crippen LogP contribution in [0, 0.1) is 5.92 Å². The number of methoxy groups -OCH3 is 1. The van der Waals surface area contributed by atoms with Crippen LogP contribution in [0.5, 0.6) is 11.5 Å². The Balaban J connectivity index is 0.00000387. The third kappa shape index (κ3) is 8.96. The molecule has 3 aromatic carbocycles. The molecule has 2 saturated heterocycles. The van der Waals surface area contributed by atoms with E-state index in [-0.39, 0.29) is 24.4 Å². The lowest BCUT2D eigenvalue weighted by Gasteiger charge is -2.46. The number of ether oxygens (including phenoxy) is 3. The summed E-state index contributed by atoms with van der Waals surface area (Å²) in [5.74, 6) is 1.61. The predicted molar refractivity (Wildman–Crippen MR) is 163 cm³/mol. The number of rotatable bonds is 11. The monoisotopic (exact) mass is 579 g/mol. The smallest absolute Gasteiger partial charge is 0.303 e. The summed E-state index contributed by atoms with van der Waals surface area (Å²) in [6, 6.07) is 24.9. The number of carbonyl (C=O) groups is 1. The fraction of sp³-hybridized carbons (Fsp3) is 0.441. The minimum absolute atomic E-state index is 0. The average molecular weight is 580 g/mol. The van der Waals surface area contributed by atoms with Gasteiger partial charge in [-0.2, -0.15) is 0 Å². The molecule has 0 aliphatic carbocycles. The van der Waals surface area contributed by atoms with Crippen LogP contribution in [0.3, 0.4) is 0 Å². The van der Waals surface area contributed by atoms with Crippen molar-refractivity contribution in [2.45, 2.75) is 63.7 Å². The molecule has 0 bridgehead atoms. The molecule has 2 heterocycles. The molecule has 220 valence electrons. The summed E-state index contributed by atoms with van der Waals surface area (Å²) in [5.41, 5.74) is 4.90. The van der Waals surface area contributed by atoms with Gasteiger partial charge in [-0.3, -0.25) is 9.69 Å². The van der Waals surface area contributed by atoms with Crippen molar-refractivity contribution >= 4 is 18.4 Å². The van der Waals surface area contributed by atoms with Gasteiger partial charge in [-0.1, -0.05) is 48.5 Å². The third-order valence-electron chi connectivity index (χ3n) is 8.43. The first-order valence-electron chi connectivity index (χ1n) is 14.5. The number of carboxylic acid groups (broad SMARTS) is 1. The Labute approximate surface area is 250 Å². The Morgan fingerprint density at radius 2 is 1.51 bits per heavy atom. The predicted octanol–water partition coefficient (Wildman–Crippen LogP) is 6.72. The molecule has 0 aromatic heterocycles. The van der Waals surface area contributed by atoms with E-state index in [1.54, 1.807) is 7.11 Å². The lowest BCUT2D eigenvalue weighted by atomic mass is 9.77. The average Bonchev–Trinajstić information content (AvgIpc) is 2.98. The molecule has 7 heteroatoms. The van der Waals surface area contributed by atoms with Crippen molar-refractivity contribution in [2.75, 3.05) is 26.8 Å². The Hall–Kier alpha value is -3.06. The lowest BCUT2D eigenvalue weighted by Crippen LogP contribution is -2.49. The summed E-state index contributed by atoms with van der Waals surface area (Å²) in [4.78, 5) is 13.3. The standard InChI is InChI=1S/C34H41NO5.ClH/c1-38-31-11-8-27(9-12-31)22-30-16-21-40-34(23-30)17-19-35(20-18-34)24-28-2-4-29(5-3-28)25-39-32-13-6-26(7-14-32)10-15-33(36)37;/h2-9,11-14,30H,10,15-25H2,1H3,(H,36,37);1H. The molecule has 3 aromatic rings. The van der Waals surface area contributed by atoms with Crippen LogP contribution in [-0.4, -0.2) is 48.4 Å². The van der Waals surface area contributed by atoms with E-state index < -0.39 is 5.97 Å². The molecule has 5 rings (SSSR count). The summed E-state index contributed by atoms with van der Waals surface area (Å²) >= 11 is 0. The van der Waals surface area contributed by atoms with Crippen molar-refractivity contribution in [1.29, 1.82) is 0 Å². The van der Waals surface area contributed by atoms with E-state index >= 15 is 0 Å². The molecule has 1 spiro atoms. The zero-order chi connectivity index (χ0) is 27.8. The molecule has 0 radical (unpaired) electrons. The van der Waals surface area contributed by atoms with Crippen LogP contribution in [0.2, 0.25) is 0 Å². The van der Waals surface area contributed by atoms with Crippen LogP contribution in [-0.2, 0) is 35.5 Å². The maximum absolute atomic E-state index is 10.7. The van der Waals surface area contributed by atoms with Gasteiger partial charge in [-0.25, -0.2) is 0 Å². The van der Waals surface area contributed by atoms with Gasteiger partial charge < -0.3 is 19.3 Å². The zero-order valence-electron chi connectivity index (χ0n) is 23.9. The van der Waals surface area contributed by atoms with Crippen LogP contribution in [0.4, 0.5) is 0 Å². The fourth-order valence-corrected chi connectivity index (χ4v) is 6.03. The van der Waals surface area contributed by atoms with Gasteiger partial charge in [0, 0.05) is 32.7 Å². The highest BCUT2D eigenvalue weighted by atomic mass is 35.5. The highest BCUT2D eigenvalue weighted by Gasteiger charge is 2.40. The summed E-state index contributed by atoms with van der Waals surface area (Å²) in [5, 5.41) is 8.83. The van der Waals surface area contributed by atoms with Gasteiger partial charge in [0.15, 0.2) is 0 Å². The Kier molecular flexibility index (Phi) is 11.1. The number of carboxylic acids is 1. The first-order chi connectivity index (χ1) is 19.5. The summed E-state index contributed by atoms with van der Waals surface area (Å²) in [7, 11) is 1.71. The summed E-state index contributed by atoms with van der Waals surface area (Å²) in [6.45, 7) is 4.49. The van der Waals surface area contributed by atoms with Gasteiger partial charge in [-0.05, 0) is 91.0 Å². The molecule has 41 heavy (non-hydrogen) atoms. The Morgan fingerprint density at radius 3 is 2.17 bits per heavy atom. The minimum atomic E-state index is -0.777. The van der Waals surface area contributed by atoms with E-state index in [1.165, 1.54) is 11.1 Å². The van der Waals surface area contributed by atoms with Crippen molar-refractivity contribution < 1.29 is 24.1 Å². The number of likely N-dealkylation sites (tertiary alicyclic amines) is 1. The number of aryl methyl sites for hydroxylation is 1. The Bertz CT molecular complexity index is 1220. The number of hydrogen-bond donors (Lipinski definition) is 1. The number of halogens is 1. The van der Waals surface area contributed by atoms with Gasteiger partial charge in [0.1, 0.15) is 18.1 Å². The quantitative estimate of drug-likeness (QED) is 0.272. The molecule has 6 nitrogen and oxygen atoms in total. The number of benzene rings is 3. The van der Waals surface area contributed by atoms with Gasteiger partial charge in [0.25, 0.3) is 0 Å². The van der Waals surface area contributed by atoms with Crippen LogP contribution in [0.1, 0.15) is 54.4 Å². The topological polar surface area (TPSA) is 68.2 Å². The molecule has 2 aliphatic rings. The van der Waals surface area contributed by atoms with E-state index in [0.29, 0.717) is 18.9 Å². The largest absolute Gasteiger partial charge is 0.497 e. The van der Waals surface area contributed by atoms with Crippen LogP contribution >= 0.6 is 12.4 Å². The molecule has 2 fully saturated rings. The first kappa shape index (κ1) is 30.9. The molecule has 1 atom stereocenters. The first-order valence-corrected chi connectivity index (χ1v) is 14.5. The maximum atomic E-state index is 10.7. The molecule has 2 aliphatic heterocycles. The number of aliphatic carboxylic acids is 1. The second-order valence-corrected chi connectivity index (χ2v) is 11.4. The van der Waals surface area contributed by atoms with E-state index in [9.17, 15) is 4.79 Å². The van der Waals surface area contributed by atoms with Crippen molar-refractivity contribution in [1.82, 2.24) is 4.90 Å². The summed E-state index contributed by atoms with van der Waals surface area (Å²) in [6.07, 6.45) is 6.31. The normalized spacial score (nSPS) is 18.4. The second kappa shape index (κ2) is 14.7. The van der Waals surface area contributed by atoms with E-state index in [2.05, 4.69) is 53.4 Å². The SMILES string of the molecule is COc1ccc(CC2CCOC3(CCN(Cc4ccc(COc5ccc(CCC(=O)O)cc5)cc4)CC3)C2)cc1.Cl. The molecular formula is C34H42ClNO5. The maximum Gasteiger partial charge on any atom is 0.303 e. The highest BCUT2D eigenvalue weighted by Crippen LogP contribution is 2.39. The molecule has 1 unspecified atom stereocenters. The molecular weight excluding hydrogens is 538 g/mol. The number of hydrogen-bond acceptors (Lipinski definition) is 5. The number of nitrogens with zero attached hydrogens (tertiary/aromatic N) is 1. The third-order valence-corrected chi connectivity index (χ3v) is 8.43. The zero-order valence-corrected chi connectivity index (χ0v) is 24.7. The van der Waals surface area contributed by atoms with Crippen molar-refractivity contribution in [3.8, 4) is 11.5 Å². The van der Waals surface area contributed by atoms with Gasteiger partial charge in [-0.15, -0.1) is 12.4 Å². The fourth-order valence-electron chi connectivity index (χ4n) is 6.03. The second-order valence-electron chi connectivity index (χ2n) is 11.4. The molecule has 0 saturated carbocycles. The summed E-state index contributed by atoms with van der Waals surface area (Å²) < 4.78 is 17.7. The van der Waals surface area contributed by atoms with Gasteiger partial charge in [0.2, 0.25) is 0 Å². The lowest BCUT2D eigenvalue weighted by molar-refractivity contribution is -0.136. The molecule has 0 amide bonds. The van der Waals surface area contributed by atoms with Crippen molar-refractivity contribution in [3.63, 3.8) is 0 Å². The van der Waals surface area contributed by atoms with E-state index in [1.807, 2.05) is 24.3 Å². The van der Waals surface area contributed by atoms with E-state index in [4.69, 9.17) is 19.3 Å². The van der Waals surface area contributed by atoms with Gasteiger partial charge in [0.05, 0.1) is 12.7 Å². The minimum Gasteiger partial charge on any atom is -0.497 e. The van der Waals surface area contributed by atoms with Crippen LogP contribution < -0.4 is 9.47 Å². The van der Waals surface area contributed by atoms with E-state index in [0.717, 1.165) is 81.0 Å². The van der Waals surface area contributed by atoms with Crippen molar-refractivity contribution in [2.24, 2.45) is 5.92 Å². The van der Waals surface area contributed by atoms with Crippen LogP contribution in [0.25, 0.3) is 0 Å². The Morgan fingerprint density at radius 1 is 0.902 bits per heavy atom. The van der Waals surface area contributed by atoms with Gasteiger partial charge >= 0.3 is 5.97 Å². The highest BCUT2D eigenvalue weighted by molar-refractivity contribution is 5.85. The molecule has 1 N–H and O–H groups in total. The van der Waals surface area contributed by atoms with Crippen LogP contribution in [0.15, 0.2) is 72.8 Å². The number of piperidine rings is 1.